The van der Waals surface area contributed by atoms with Crippen molar-refractivity contribution in [2.75, 3.05) is 19.0 Å². The molecule has 3 rings (SSSR count). The van der Waals surface area contributed by atoms with Crippen molar-refractivity contribution in [3.05, 3.63) is 66.0 Å². The first-order valence-corrected chi connectivity index (χ1v) is 8.36. The maximum Gasteiger partial charge on any atom is 0.276 e. The quantitative estimate of drug-likeness (QED) is 0.733. The SMILES string of the molecule is CCOc1ccc(NC(=O)c2cc(C)n(-c3ccccc3)n2)cc1OC. The van der Waals surface area contributed by atoms with Crippen molar-refractivity contribution in [2.45, 2.75) is 13.8 Å². The zero-order chi connectivity index (χ0) is 18.5. The third-order valence-electron chi connectivity index (χ3n) is 3.84. The minimum atomic E-state index is -0.283. The Labute approximate surface area is 152 Å². The summed E-state index contributed by atoms with van der Waals surface area (Å²) in [7, 11) is 1.56. The molecule has 6 heteroatoms. The van der Waals surface area contributed by atoms with Crippen LogP contribution in [-0.2, 0) is 0 Å². The molecule has 0 aliphatic heterocycles. The van der Waals surface area contributed by atoms with E-state index in [1.54, 1.807) is 36.1 Å². The van der Waals surface area contributed by atoms with E-state index in [9.17, 15) is 4.79 Å². The van der Waals surface area contributed by atoms with Gasteiger partial charge >= 0.3 is 0 Å². The zero-order valence-corrected chi connectivity index (χ0v) is 15.0. The standard InChI is InChI=1S/C20H21N3O3/c1-4-26-18-11-10-15(13-19(18)25-3)21-20(24)17-12-14(2)23(22-17)16-8-6-5-7-9-16/h5-13H,4H2,1-3H3,(H,21,24). The van der Waals surface area contributed by atoms with Gasteiger partial charge in [0.15, 0.2) is 17.2 Å². The molecule has 0 aliphatic carbocycles. The topological polar surface area (TPSA) is 65.4 Å². The molecule has 0 fully saturated rings. The Kier molecular flexibility index (Phi) is 5.22. The summed E-state index contributed by atoms with van der Waals surface area (Å²) < 4.78 is 12.5. The molecule has 0 atom stereocenters. The van der Waals surface area contributed by atoms with Gasteiger partial charge < -0.3 is 14.8 Å². The molecule has 3 aromatic rings. The maximum absolute atomic E-state index is 12.6. The number of carbonyl (C=O) groups is 1. The Morgan fingerprint density at radius 2 is 1.88 bits per heavy atom. The second-order valence-electron chi connectivity index (χ2n) is 5.67. The van der Waals surface area contributed by atoms with Crippen molar-refractivity contribution >= 4 is 11.6 Å². The van der Waals surface area contributed by atoms with Crippen LogP contribution in [0.1, 0.15) is 23.1 Å². The van der Waals surface area contributed by atoms with Gasteiger partial charge in [-0.15, -0.1) is 0 Å². The molecule has 0 unspecified atom stereocenters. The monoisotopic (exact) mass is 351 g/mol. The fourth-order valence-corrected chi connectivity index (χ4v) is 2.63. The fourth-order valence-electron chi connectivity index (χ4n) is 2.63. The lowest BCUT2D eigenvalue weighted by molar-refractivity contribution is 0.102. The fraction of sp³-hybridized carbons (Fsp3) is 0.200. The van der Waals surface area contributed by atoms with E-state index < -0.39 is 0 Å². The first-order chi connectivity index (χ1) is 12.6. The second kappa shape index (κ2) is 7.74. The molecule has 0 spiro atoms. The highest BCUT2D eigenvalue weighted by Crippen LogP contribution is 2.30. The molecule has 0 radical (unpaired) electrons. The smallest absolute Gasteiger partial charge is 0.276 e. The number of hydrogen-bond acceptors (Lipinski definition) is 4. The Bertz CT molecular complexity index is 904. The summed E-state index contributed by atoms with van der Waals surface area (Å²) in [6.07, 6.45) is 0. The van der Waals surface area contributed by atoms with E-state index in [1.807, 2.05) is 44.2 Å². The van der Waals surface area contributed by atoms with Crippen LogP contribution in [0.3, 0.4) is 0 Å². The van der Waals surface area contributed by atoms with E-state index in [-0.39, 0.29) is 5.91 Å². The van der Waals surface area contributed by atoms with E-state index >= 15 is 0 Å². The molecule has 0 saturated carbocycles. The van der Waals surface area contributed by atoms with Crippen LogP contribution in [0.15, 0.2) is 54.6 Å². The van der Waals surface area contributed by atoms with Crippen molar-refractivity contribution in [1.29, 1.82) is 0 Å². The molecule has 6 nitrogen and oxygen atoms in total. The molecule has 0 bridgehead atoms. The third kappa shape index (κ3) is 3.69. The van der Waals surface area contributed by atoms with Crippen LogP contribution in [0.2, 0.25) is 0 Å². The van der Waals surface area contributed by atoms with Crippen molar-refractivity contribution in [1.82, 2.24) is 9.78 Å². The van der Waals surface area contributed by atoms with Gasteiger partial charge in [-0.05, 0) is 44.2 Å². The summed E-state index contributed by atoms with van der Waals surface area (Å²) in [4.78, 5) is 12.6. The first kappa shape index (κ1) is 17.5. The number of aryl methyl sites for hydroxylation is 1. The molecule has 1 amide bonds. The van der Waals surface area contributed by atoms with Crippen molar-refractivity contribution in [3.8, 4) is 17.2 Å². The van der Waals surface area contributed by atoms with Crippen LogP contribution >= 0.6 is 0 Å². The number of anilines is 1. The molecule has 0 aliphatic rings. The number of rotatable bonds is 6. The van der Waals surface area contributed by atoms with Gasteiger partial charge in [0, 0.05) is 17.4 Å². The van der Waals surface area contributed by atoms with Gasteiger partial charge in [0.1, 0.15) is 0 Å². The third-order valence-corrected chi connectivity index (χ3v) is 3.84. The summed E-state index contributed by atoms with van der Waals surface area (Å²) >= 11 is 0. The predicted molar refractivity (Wildman–Crippen MR) is 100 cm³/mol. The summed E-state index contributed by atoms with van der Waals surface area (Å²) in [5.41, 5.74) is 2.75. The summed E-state index contributed by atoms with van der Waals surface area (Å²) in [6, 6.07) is 16.7. The van der Waals surface area contributed by atoms with Gasteiger partial charge in [0.2, 0.25) is 0 Å². The van der Waals surface area contributed by atoms with Crippen LogP contribution in [0.25, 0.3) is 5.69 Å². The molecular weight excluding hydrogens is 330 g/mol. The van der Waals surface area contributed by atoms with Crippen LogP contribution < -0.4 is 14.8 Å². The highest BCUT2D eigenvalue weighted by atomic mass is 16.5. The Balaban J connectivity index is 1.81. The average molecular weight is 351 g/mol. The second-order valence-corrected chi connectivity index (χ2v) is 5.67. The van der Waals surface area contributed by atoms with Crippen molar-refractivity contribution < 1.29 is 14.3 Å². The van der Waals surface area contributed by atoms with Gasteiger partial charge in [0.05, 0.1) is 19.4 Å². The number of aromatic nitrogens is 2. The number of hydrogen-bond donors (Lipinski definition) is 1. The Hall–Kier alpha value is -3.28. The molecule has 1 aromatic heterocycles. The lowest BCUT2D eigenvalue weighted by atomic mass is 10.2. The Morgan fingerprint density at radius 1 is 1.12 bits per heavy atom. The maximum atomic E-state index is 12.6. The number of nitrogens with one attached hydrogen (secondary N) is 1. The number of amides is 1. The van der Waals surface area contributed by atoms with E-state index in [1.165, 1.54) is 0 Å². The molecular formula is C20H21N3O3. The van der Waals surface area contributed by atoms with Crippen molar-refractivity contribution in [3.63, 3.8) is 0 Å². The van der Waals surface area contributed by atoms with Crippen LogP contribution in [-0.4, -0.2) is 29.4 Å². The van der Waals surface area contributed by atoms with E-state index in [0.29, 0.717) is 29.5 Å². The van der Waals surface area contributed by atoms with Crippen LogP contribution in [0, 0.1) is 6.92 Å². The van der Waals surface area contributed by atoms with Gasteiger partial charge in [-0.2, -0.15) is 5.10 Å². The van der Waals surface area contributed by atoms with E-state index in [2.05, 4.69) is 10.4 Å². The number of methoxy groups -OCH3 is 1. The van der Waals surface area contributed by atoms with Gasteiger partial charge in [-0.3, -0.25) is 4.79 Å². The Morgan fingerprint density at radius 3 is 2.58 bits per heavy atom. The summed E-state index contributed by atoms with van der Waals surface area (Å²) in [5, 5.41) is 7.26. The predicted octanol–water partition coefficient (Wildman–Crippen LogP) is 3.84. The first-order valence-electron chi connectivity index (χ1n) is 8.36. The molecule has 26 heavy (non-hydrogen) atoms. The van der Waals surface area contributed by atoms with Gasteiger partial charge in [0.25, 0.3) is 5.91 Å². The van der Waals surface area contributed by atoms with E-state index in [4.69, 9.17) is 9.47 Å². The molecule has 1 heterocycles. The van der Waals surface area contributed by atoms with Gasteiger partial charge in [-0.1, -0.05) is 18.2 Å². The molecule has 1 N–H and O–H groups in total. The number of benzene rings is 2. The molecule has 0 saturated heterocycles. The number of nitrogens with zero attached hydrogens (tertiary/aromatic N) is 2. The largest absolute Gasteiger partial charge is 0.493 e. The van der Waals surface area contributed by atoms with E-state index in [0.717, 1.165) is 11.4 Å². The summed E-state index contributed by atoms with van der Waals surface area (Å²) in [6.45, 7) is 4.36. The normalized spacial score (nSPS) is 10.4. The molecule has 2 aromatic carbocycles. The average Bonchev–Trinajstić information content (AvgIpc) is 3.06. The van der Waals surface area contributed by atoms with Gasteiger partial charge in [-0.25, -0.2) is 4.68 Å². The van der Waals surface area contributed by atoms with Crippen molar-refractivity contribution in [2.24, 2.45) is 0 Å². The highest BCUT2D eigenvalue weighted by Gasteiger charge is 2.14. The minimum absolute atomic E-state index is 0.283. The highest BCUT2D eigenvalue weighted by molar-refractivity contribution is 6.03. The zero-order valence-electron chi connectivity index (χ0n) is 15.0. The summed E-state index contributed by atoms with van der Waals surface area (Å²) in [5.74, 6) is 0.918. The molecule has 134 valence electrons. The lowest BCUT2D eigenvalue weighted by Crippen LogP contribution is -2.13. The number of carbonyl (C=O) groups excluding carboxylic acids is 1. The van der Waals surface area contributed by atoms with Crippen LogP contribution in [0.4, 0.5) is 5.69 Å². The van der Waals surface area contributed by atoms with Crippen LogP contribution in [0.5, 0.6) is 11.5 Å². The lowest BCUT2D eigenvalue weighted by Gasteiger charge is -2.11. The number of para-hydroxylation sites is 1. The number of ether oxygens (including phenoxy) is 2. The minimum Gasteiger partial charge on any atom is -0.493 e.